The summed E-state index contributed by atoms with van der Waals surface area (Å²) in [5.41, 5.74) is 6.45. The Morgan fingerprint density at radius 1 is 1.52 bits per heavy atom. The van der Waals surface area contributed by atoms with E-state index in [4.69, 9.17) is 10.5 Å². The van der Waals surface area contributed by atoms with Crippen LogP contribution in [0.3, 0.4) is 0 Å². The fourth-order valence-electron chi connectivity index (χ4n) is 2.70. The highest BCUT2D eigenvalue weighted by Crippen LogP contribution is 2.20. The van der Waals surface area contributed by atoms with Crippen molar-refractivity contribution in [3.63, 3.8) is 0 Å². The van der Waals surface area contributed by atoms with E-state index in [1.165, 1.54) is 12.1 Å². The number of halogens is 2. The minimum absolute atomic E-state index is 0. The Morgan fingerprint density at radius 3 is 2.90 bits per heavy atom. The molecule has 1 aliphatic rings. The van der Waals surface area contributed by atoms with Gasteiger partial charge in [0.1, 0.15) is 5.82 Å². The molecule has 2 rings (SSSR count). The highest BCUT2D eigenvalue weighted by Gasteiger charge is 2.30. The summed E-state index contributed by atoms with van der Waals surface area (Å²) in [6, 6.07) is 6.17. The van der Waals surface area contributed by atoms with Gasteiger partial charge >= 0.3 is 0 Å². The summed E-state index contributed by atoms with van der Waals surface area (Å²) >= 11 is 0. The maximum absolute atomic E-state index is 13.1. The number of hydrogen-bond acceptors (Lipinski definition) is 3. The number of ether oxygens (including phenoxy) is 1. The summed E-state index contributed by atoms with van der Waals surface area (Å²) in [4.78, 5) is 14.2. The SMILES string of the molecule is COC1CCN(C(=O)Cc2cccc(F)c2)C(CN)C1.Cl. The van der Waals surface area contributed by atoms with E-state index in [9.17, 15) is 9.18 Å². The molecule has 0 aromatic heterocycles. The van der Waals surface area contributed by atoms with E-state index in [0.29, 0.717) is 18.7 Å². The van der Waals surface area contributed by atoms with Crippen molar-refractivity contribution in [2.75, 3.05) is 20.2 Å². The third kappa shape index (κ3) is 4.66. The average Bonchev–Trinajstić information content (AvgIpc) is 2.46. The molecule has 0 bridgehead atoms. The summed E-state index contributed by atoms with van der Waals surface area (Å²) in [6.45, 7) is 1.07. The van der Waals surface area contributed by atoms with E-state index in [0.717, 1.165) is 12.8 Å². The molecule has 1 aromatic rings. The number of hydrogen-bond donors (Lipinski definition) is 1. The van der Waals surface area contributed by atoms with Gasteiger partial charge in [-0.1, -0.05) is 12.1 Å². The second-order valence-electron chi connectivity index (χ2n) is 5.17. The summed E-state index contributed by atoms with van der Waals surface area (Å²) in [5, 5.41) is 0. The lowest BCUT2D eigenvalue weighted by molar-refractivity contribution is -0.136. The Hall–Kier alpha value is -1.17. The molecule has 0 saturated carbocycles. The number of likely N-dealkylation sites (tertiary alicyclic amines) is 1. The zero-order valence-corrected chi connectivity index (χ0v) is 12.9. The molecule has 1 aliphatic heterocycles. The highest BCUT2D eigenvalue weighted by molar-refractivity contribution is 5.85. The van der Waals surface area contributed by atoms with Gasteiger partial charge in [0.05, 0.1) is 12.5 Å². The van der Waals surface area contributed by atoms with Crippen molar-refractivity contribution in [1.29, 1.82) is 0 Å². The van der Waals surface area contributed by atoms with Crippen LogP contribution in [0.2, 0.25) is 0 Å². The highest BCUT2D eigenvalue weighted by atomic mass is 35.5. The third-order valence-corrected chi connectivity index (χ3v) is 3.84. The second kappa shape index (κ2) is 8.32. The van der Waals surface area contributed by atoms with Crippen molar-refractivity contribution in [2.45, 2.75) is 31.4 Å². The average molecular weight is 317 g/mol. The van der Waals surface area contributed by atoms with E-state index < -0.39 is 0 Å². The van der Waals surface area contributed by atoms with E-state index >= 15 is 0 Å². The number of methoxy groups -OCH3 is 1. The normalized spacial score (nSPS) is 21.8. The van der Waals surface area contributed by atoms with Crippen LogP contribution >= 0.6 is 12.4 Å². The van der Waals surface area contributed by atoms with Crippen molar-refractivity contribution >= 4 is 18.3 Å². The standard InChI is InChI=1S/C15H21FN2O2.ClH/c1-20-14-5-6-18(13(9-14)10-17)15(19)8-11-3-2-4-12(16)7-11;/h2-4,7,13-14H,5-6,8-10,17H2,1H3;1H. The molecule has 1 heterocycles. The minimum Gasteiger partial charge on any atom is -0.381 e. The predicted molar refractivity (Wildman–Crippen MR) is 81.9 cm³/mol. The minimum atomic E-state index is -0.316. The van der Waals surface area contributed by atoms with Crippen LogP contribution < -0.4 is 5.73 Å². The molecule has 1 saturated heterocycles. The predicted octanol–water partition coefficient (Wildman–Crippen LogP) is 1.75. The van der Waals surface area contributed by atoms with Crippen LogP contribution in [0.25, 0.3) is 0 Å². The zero-order chi connectivity index (χ0) is 14.5. The Bertz CT molecular complexity index is 473. The number of carbonyl (C=O) groups is 1. The van der Waals surface area contributed by atoms with Gasteiger partial charge in [-0.2, -0.15) is 0 Å². The maximum Gasteiger partial charge on any atom is 0.227 e. The van der Waals surface area contributed by atoms with Crippen molar-refractivity contribution in [3.8, 4) is 0 Å². The van der Waals surface area contributed by atoms with Gasteiger partial charge in [0.15, 0.2) is 0 Å². The first-order valence-electron chi connectivity index (χ1n) is 6.90. The monoisotopic (exact) mass is 316 g/mol. The Labute approximate surface area is 130 Å². The van der Waals surface area contributed by atoms with Gasteiger partial charge in [0.2, 0.25) is 5.91 Å². The summed E-state index contributed by atoms with van der Waals surface area (Å²) < 4.78 is 18.5. The van der Waals surface area contributed by atoms with Crippen LogP contribution in [0.5, 0.6) is 0 Å². The summed E-state index contributed by atoms with van der Waals surface area (Å²) in [5.74, 6) is -0.315. The summed E-state index contributed by atoms with van der Waals surface area (Å²) in [7, 11) is 1.68. The van der Waals surface area contributed by atoms with Gasteiger partial charge < -0.3 is 15.4 Å². The van der Waals surface area contributed by atoms with Crippen LogP contribution in [0.1, 0.15) is 18.4 Å². The van der Waals surface area contributed by atoms with Crippen molar-refractivity contribution in [2.24, 2.45) is 5.73 Å². The van der Waals surface area contributed by atoms with Crippen LogP contribution in [-0.4, -0.2) is 43.2 Å². The van der Waals surface area contributed by atoms with E-state index in [1.54, 1.807) is 24.1 Å². The van der Waals surface area contributed by atoms with Crippen molar-refractivity contribution < 1.29 is 13.9 Å². The molecule has 6 heteroatoms. The van der Waals surface area contributed by atoms with Gasteiger partial charge in [-0.05, 0) is 30.5 Å². The zero-order valence-electron chi connectivity index (χ0n) is 12.1. The first-order valence-corrected chi connectivity index (χ1v) is 6.90. The number of piperidine rings is 1. The number of amides is 1. The number of nitrogens with zero attached hydrogens (tertiary/aromatic N) is 1. The molecule has 2 unspecified atom stereocenters. The maximum atomic E-state index is 13.1. The smallest absolute Gasteiger partial charge is 0.227 e. The molecule has 1 aromatic carbocycles. The Morgan fingerprint density at radius 2 is 2.29 bits per heavy atom. The third-order valence-electron chi connectivity index (χ3n) is 3.84. The lowest BCUT2D eigenvalue weighted by Gasteiger charge is -2.38. The topological polar surface area (TPSA) is 55.6 Å². The molecule has 118 valence electrons. The molecule has 4 nitrogen and oxygen atoms in total. The van der Waals surface area contributed by atoms with Crippen LogP contribution in [-0.2, 0) is 16.0 Å². The van der Waals surface area contributed by atoms with Crippen LogP contribution in [0, 0.1) is 5.82 Å². The number of benzene rings is 1. The Kier molecular flexibility index (Phi) is 7.08. The van der Waals surface area contributed by atoms with Crippen LogP contribution in [0.4, 0.5) is 4.39 Å². The molecular formula is C15H22ClFN2O2. The number of rotatable bonds is 4. The first kappa shape index (κ1) is 17.9. The van der Waals surface area contributed by atoms with E-state index in [1.807, 2.05) is 0 Å². The van der Waals surface area contributed by atoms with Gasteiger partial charge in [0, 0.05) is 26.2 Å². The van der Waals surface area contributed by atoms with Gasteiger partial charge in [-0.25, -0.2) is 4.39 Å². The number of nitrogens with two attached hydrogens (primary N) is 1. The first-order chi connectivity index (χ1) is 9.63. The molecule has 1 fully saturated rings. The Balaban J connectivity index is 0.00000220. The molecule has 0 aliphatic carbocycles. The van der Waals surface area contributed by atoms with Crippen molar-refractivity contribution in [1.82, 2.24) is 4.90 Å². The summed E-state index contributed by atoms with van der Waals surface area (Å²) in [6.07, 6.45) is 1.97. The van der Waals surface area contributed by atoms with Crippen molar-refractivity contribution in [3.05, 3.63) is 35.6 Å². The van der Waals surface area contributed by atoms with Gasteiger partial charge in [-0.15, -0.1) is 12.4 Å². The molecule has 21 heavy (non-hydrogen) atoms. The molecule has 0 spiro atoms. The van der Waals surface area contributed by atoms with E-state index in [-0.39, 0.29) is 42.7 Å². The fraction of sp³-hybridized carbons (Fsp3) is 0.533. The molecule has 1 amide bonds. The molecular weight excluding hydrogens is 295 g/mol. The van der Waals surface area contributed by atoms with Crippen LogP contribution in [0.15, 0.2) is 24.3 Å². The second-order valence-corrected chi connectivity index (χ2v) is 5.17. The largest absolute Gasteiger partial charge is 0.381 e. The molecule has 2 N–H and O–H groups in total. The van der Waals surface area contributed by atoms with Gasteiger partial charge in [0.25, 0.3) is 0 Å². The quantitative estimate of drug-likeness (QED) is 0.921. The van der Waals surface area contributed by atoms with E-state index in [2.05, 4.69) is 0 Å². The fourth-order valence-corrected chi connectivity index (χ4v) is 2.70. The number of carbonyl (C=O) groups excluding carboxylic acids is 1. The van der Waals surface area contributed by atoms with Gasteiger partial charge in [-0.3, -0.25) is 4.79 Å². The molecule has 2 atom stereocenters. The lowest BCUT2D eigenvalue weighted by Crippen LogP contribution is -2.51. The lowest BCUT2D eigenvalue weighted by atomic mass is 9.98. The molecule has 0 radical (unpaired) electrons.